The van der Waals surface area contributed by atoms with Gasteiger partial charge in [0.1, 0.15) is 30.2 Å². The van der Waals surface area contributed by atoms with Crippen molar-refractivity contribution in [3.8, 4) is 11.4 Å². The standard InChI is InChI=1S/C14H11F5N2O5/c15-6-3-1-4(10-9(24)8(23)5(2-22)26-10)13(25)21-12(3)20-11(7(6)16)14(17,18)19/h1,5,8-10,22-24H,2H2,(H,20,21,25)/t5-,8?,9+,10+/m1/s1. The predicted molar refractivity (Wildman–Crippen MR) is 73.1 cm³/mol. The first kappa shape index (κ1) is 18.6. The summed E-state index contributed by atoms with van der Waals surface area (Å²) < 4.78 is 71.0. The Hall–Kier alpha value is -2.15. The first-order chi connectivity index (χ1) is 12.1. The van der Waals surface area contributed by atoms with Crippen LogP contribution in [-0.2, 0) is 10.9 Å². The van der Waals surface area contributed by atoms with Gasteiger partial charge in [0.25, 0.3) is 5.56 Å². The van der Waals surface area contributed by atoms with Crippen LogP contribution in [0.15, 0.2) is 10.9 Å². The van der Waals surface area contributed by atoms with Crippen molar-refractivity contribution in [2.45, 2.75) is 30.6 Å². The summed E-state index contributed by atoms with van der Waals surface area (Å²) in [4.78, 5) is 16.8. The molecule has 0 spiro atoms. The normalized spacial score (nSPS) is 26.6. The molecule has 0 aromatic rings. The van der Waals surface area contributed by atoms with Crippen LogP contribution < -0.4 is 5.56 Å². The zero-order valence-electron chi connectivity index (χ0n) is 12.6. The van der Waals surface area contributed by atoms with E-state index in [1.165, 1.54) is 4.98 Å². The summed E-state index contributed by atoms with van der Waals surface area (Å²) in [5, 5.41) is 28.6. The molecule has 12 heteroatoms. The molecule has 3 rings (SSSR count). The first-order valence-corrected chi connectivity index (χ1v) is 7.17. The third-order valence-electron chi connectivity index (χ3n) is 4.04. The van der Waals surface area contributed by atoms with E-state index in [0.29, 0.717) is 6.07 Å². The van der Waals surface area contributed by atoms with Crippen molar-refractivity contribution in [1.29, 1.82) is 0 Å². The van der Waals surface area contributed by atoms with E-state index in [2.05, 4.69) is 4.98 Å². The van der Waals surface area contributed by atoms with Crippen molar-refractivity contribution in [3.63, 3.8) is 0 Å². The molecule has 7 nitrogen and oxygen atoms in total. The number of fused-ring (bicyclic) bond motifs is 1. The van der Waals surface area contributed by atoms with Gasteiger partial charge in [-0.2, -0.15) is 18.2 Å². The third-order valence-corrected chi connectivity index (χ3v) is 4.04. The number of H-pyrrole nitrogens is 1. The van der Waals surface area contributed by atoms with Gasteiger partial charge in [-0.05, 0) is 6.07 Å². The smallest absolute Gasteiger partial charge is 0.394 e. The summed E-state index contributed by atoms with van der Waals surface area (Å²) in [5.41, 5.74) is -4.49. The number of halogens is 5. The number of aliphatic hydroxyl groups is 3. The van der Waals surface area contributed by atoms with Crippen molar-refractivity contribution in [2.24, 2.45) is 0 Å². The van der Waals surface area contributed by atoms with Crippen molar-refractivity contribution in [3.05, 3.63) is 39.3 Å². The van der Waals surface area contributed by atoms with Gasteiger partial charge in [0.05, 0.1) is 17.7 Å². The Morgan fingerprint density at radius 1 is 1.19 bits per heavy atom. The predicted octanol–water partition coefficient (Wildman–Crippen LogP) is 0.326. The average molecular weight is 382 g/mol. The zero-order valence-corrected chi connectivity index (χ0v) is 12.6. The van der Waals surface area contributed by atoms with E-state index in [-0.39, 0.29) is 0 Å². The molecule has 0 aromatic carbocycles. The second-order valence-corrected chi connectivity index (χ2v) is 5.66. The van der Waals surface area contributed by atoms with E-state index < -0.39 is 77.0 Å². The molecule has 4 atom stereocenters. The van der Waals surface area contributed by atoms with Crippen LogP contribution in [0.2, 0.25) is 0 Å². The van der Waals surface area contributed by atoms with Gasteiger partial charge >= 0.3 is 6.18 Å². The average Bonchev–Trinajstić information content (AvgIpc) is 2.84. The SMILES string of the molecule is O=c1nc2[nH]c(C(F)(F)F)c(F)c(F)c-2cc1[C@@H]1O[C@H](CO)C(O)[C@@H]1O. The fourth-order valence-electron chi connectivity index (χ4n) is 2.73. The van der Waals surface area contributed by atoms with E-state index in [0.717, 1.165) is 0 Å². The van der Waals surface area contributed by atoms with Crippen LogP contribution in [0.25, 0.3) is 11.4 Å². The fraction of sp³-hybridized carbons (Fsp3) is 0.429. The molecule has 142 valence electrons. The van der Waals surface area contributed by atoms with E-state index in [1.54, 1.807) is 0 Å². The maximum absolute atomic E-state index is 14.1. The molecule has 3 aliphatic heterocycles. The maximum Gasteiger partial charge on any atom is 0.434 e. The summed E-state index contributed by atoms with van der Waals surface area (Å²) in [6.45, 7) is -0.699. The number of rotatable bonds is 2. The van der Waals surface area contributed by atoms with Gasteiger partial charge in [-0.15, -0.1) is 0 Å². The van der Waals surface area contributed by atoms with Gasteiger partial charge < -0.3 is 25.0 Å². The van der Waals surface area contributed by atoms with Crippen LogP contribution >= 0.6 is 0 Å². The monoisotopic (exact) mass is 382 g/mol. The molecule has 3 aliphatic rings. The highest BCUT2D eigenvalue weighted by Gasteiger charge is 2.45. The van der Waals surface area contributed by atoms with E-state index >= 15 is 0 Å². The van der Waals surface area contributed by atoms with Crippen molar-refractivity contribution >= 4 is 0 Å². The van der Waals surface area contributed by atoms with E-state index in [1.807, 2.05) is 0 Å². The Morgan fingerprint density at radius 2 is 1.85 bits per heavy atom. The number of hydrogen-bond acceptors (Lipinski definition) is 6. The lowest BCUT2D eigenvalue weighted by Crippen LogP contribution is -2.33. The third kappa shape index (κ3) is 2.84. The number of aromatic nitrogens is 2. The number of nitrogens with zero attached hydrogens (tertiary/aromatic N) is 1. The molecule has 0 aliphatic carbocycles. The minimum atomic E-state index is -5.24. The van der Waals surface area contributed by atoms with E-state index in [4.69, 9.17) is 9.84 Å². The van der Waals surface area contributed by atoms with Gasteiger partial charge in [0.2, 0.25) is 0 Å². The number of pyridine rings is 2. The summed E-state index contributed by atoms with van der Waals surface area (Å²) in [7, 11) is 0. The fourth-order valence-corrected chi connectivity index (χ4v) is 2.73. The van der Waals surface area contributed by atoms with Crippen LogP contribution in [0.1, 0.15) is 17.4 Å². The van der Waals surface area contributed by atoms with Gasteiger partial charge in [-0.25, -0.2) is 8.78 Å². The Morgan fingerprint density at radius 3 is 2.38 bits per heavy atom. The molecule has 1 fully saturated rings. The summed E-state index contributed by atoms with van der Waals surface area (Å²) in [6, 6.07) is 0.681. The van der Waals surface area contributed by atoms with Gasteiger partial charge in [-0.3, -0.25) is 4.79 Å². The molecule has 0 saturated carbocycles. The van der Waals surface area contributed by atoms with Gasteiger partial charge in [0.15, 0.2) is 17.3 Å². The van der Waals surface area contributed by atoms with Crippen LogP contribution in [0.3, 0.4) is 0 Å². The molecular formula is C14H11F5N2O5. The Labute approximate surface area is 141 Å². The lowest BCUT2D eigenvalue weighted by Gasteiger charge is -2.17. The molecule has 0 bridgehead atoms. The number of ether oxygens (including phenoxy) is 1. The quantitative estimate of drug-likeness (QED) is 0.557. The molecule has 26 heavy (non-hydrogen) atoms. The molecule has 1 saturated heterocycles. The Balaban J connectivity index is 2.17. The molecular weight excluding hydrogens is 371 g/mol. The molecule has 0 radical (unpaired) electrons. The summed E-state index contributed by atoms with van der Waals surface area (Å²) in [5.74, 6) is -4.96. The van der Waals surface area contributed by atoms with Crippen LogP contribution in [0, 0.1) is 11.6 Å². The number of aromatic amines is 1. The minimum Gasteiger partial charge on any atom is -0.394 e. The lowest BCUT2D eigenvalue weighted by molar-refractivity contribution is -0.144. The second kappa shape index (κ2) is 6.23. The first-order valence-electron chi connectivity index (χ1n) is 7.17. The molecule has 3 heterocycles. The highest BCUT2D eigenvalue weighted by molar-refractivity contribution is 5.59. The van der Waals surface area contributed by atoms with E-state index in [9.17, 15) is 37.0 Å². The van der Waals surface area contributed by atoms with Crippen molar-refractivity contribution in [2.75, 3.05) is 6.61 Å². The molecule has 0 amide bonds. The second-order valence-electron chi connectivity index (χ2n) is 5.66. The Kier molecular flexibility index (Phi) is 4.46. The highest BCUT2D eigenvalue weighted by Crippen LogP contribution is 2.37. The molecule has 1 unspecified atom stereocenters. The number of nitrogens with one attached hydrogen (secondary N) is 1. The summed E-state index contributed by atoms with van der Waals surface area (Å²) >= 11 is 0. The number of aliphatic hydroxyl groups excluding tert-OH is 3. The van der Waals surface area contributed by atoms with Gasteiger partial charge in [0, 0.05) is 0 Å². The Bertz CT molecular complexity index is 870. The lowest BCUT2D eigenvalue weighted by atomic mass is 10.00. The maximum atomic E-state index is 14.1. The highest BCUT2D eigenvalue weighted by atomic mass is 19.4. The molecule has 0 aromatic heterocycles. The van der Waals surface area contributed by atoms with Crippen molar-refractivity contribution in [1.82, 2.24) is 9.97 Å². The van der Waals surface area contributed by atoms with Crippen LogP contribution in [0.5, 0.6) is 0 Å². The number of alkyl halides is 3. The zero-order chi connectivity index (χ0) is 19.4. The molecule has 4 N–H and O–H groups in total. The minimum absolute atomic E-state index is 0.508. The largest absolute Gasteiger partial charge is 0.434 e. The number of hydrogen-bond donors (Lipinski definition) is 4. The van der Waals surface area contributed by atoms with Crippen LogP contribution in [-0.4, -0.2) is 50.2 Å². The van der Waals surface area contributed by atoms with Gasteiger partial charge in [-0.1, -0.05) is 0 Å². The van der Waals surface area contributed by atoms with Crippen LogP contribution in [0.4, 0.5) is 22.0 Å². The topological polar surface area (TPSA) is 116 Å². The summed E-state index contributed by atoms with van der Waals surface area (Å²) in [6.07, 6.45) is -11.3. The van der Waals surface area contributed by atoms with Crippen molar-refractivity contribution < 1.29 is 42.0 Å².